The van der Waals surface area contributed by atoms with Crippen molar-refractivity contribution in [2.24, 2.45) is 10.2 Å². The van der Waals surface area contributed by atoms with Crippen molar-refractivity contribution in [3.05, 3.63) is 50.7 Å². The molecule has 0 fully saturated rings. The molecule has 0 atom stereocenters. The highest BCUT2D eigenvalue weighted by molar-refractivity contribution is 7.07. The van der Waals surface area contributed by atoms with Crippen molar-refractivity contribution in [2.75, 3.05) is 0 Å². The number of nitrogens with zero attached hydrogens (tertiary/aromatic N) is 3. The molecule has 0 radical (unpaired) electrons. The molecule has 0 spiro atoms. The third kappa shape index (κ3) is 3.39. The fourth-order valence-electron chi connectivity index (χ4n) is 1.54. The lowest BCUT2D eigenvalue weighted by molar-refractivity contribution is 0.0931. The SMILES string of the molecule is CC(=O)n1c(C)csc1=NN=Cc1ccc(Cl)cc1. The summed E-state index contributed by atoms with van der Waals surface area (Å²) in [6.07, 6.45) is 1.62. The van der Waals surface area contributed by atoms with Crippen LogP contribution in [-0.2, 0) is 0 Å². The third-order valence-corrected chi connectivity index (χ3v) is 3.60. The van der Waals surface area contributed by atoms with Gasteiger partial charge in [0.1, 0.15) is 0 Å². The molecule has 0 unspecified atom stereocenters. The first-order chi connectivity index (χ1) is 9.08. The Hall–Kier alpha value is -1.72. The number of hydrogen-bond acceptors (Lipinski definition) is 4. The molecule has 0 bridgehead atoms. The molecule has 0 aliphatic rings. The second-order valence-corrected chi connectivity index (χ2v) is 5.18. The summed E-state index contributed by atoms with van der Waals surface area (Å²) in [6, 6.07) is 7.27. The van der Waals surface area contributed by atoms with Crippen molar-refractivity contribution < 1.29 is 4.79 Å². The van der Waals surface area contributed by atoms with Gasteiger partial charge in [-0.05, 0) is 24.6 Å². The summed E-state index contributed by atoms with van der Waals surface area (Å²) in [6.45, 7) is 3.36. The normalized spacial score (nSPS) is 12.3. The predicted molar refractivity (Wildman–Crippen MR) is 78.0 cm³/mol. The number of benzene rings is 1. The molecule has 4 nitrogen and oxygen atoms in total. The van der Waals surface area contributed by atoms with Gasteiger partial charge in [0.15, 0.2) is 0 Å². The van der Waals surface area contributed by atoms with E-state index in [-0.39, 0.29) is 5.91 Å². The summed E-state index contributed by atoms with van der Waals surface area (Å²) in [4.78, 5) is 12.0. The first-order valence-electron chi connectivity index (χ1n) is 5.58. The minimum Gasteiger partial charge on any atom is -0.274 e. The van der Waals surface area contributed by atoms with E-state index in [0.29, 0.717) is 9.82 Å². The van der Waals surface area contributed by atoms with Crippen molar-refractivity contribution >= 4 is 35.1 Å². The average Bonchev–Trinajstić information content (AvgIpc) is 2.73. The maximum absolute atomic E-state index is 11.5. The third-order valence-electron chi connectivity index (χ3n) is 2.41. The van der Waals surface area contributed by atoms with Gasteiger partial charge in [0, 0.05) is 23.0 Å². The number of halogens is 1. The Balaban J connectivity index is 2.28. The van der Waals surface area contributed by atoms with E-state index in [4.69, 9.17) is 11.6 Å². The van der Waals surface area contributed by atoms with Crippen LogP contribution in [0.4, 0.5) is 0 Å². The minimum atomic E-state index is -0.0702. The molecule has 0 aliphatic heterocycles. The predicted octanol–water partition coefficient (Wildman–Crippen LogP) is 3.11. The molecule has 2 rings (SSSR count). The molecule has 2 aromatic rings. The Morgan fingerprint density at radius 1 is 1.37 bits per heavy atom. The molecule has 6 heteroatoms. The van der Waals surface area contributed by atoms with Gasteiger partial charge in [-0.25, -0.2) is 0 Å². The summed E-state index contributed by atoms with van der Waals surface area (Å²) >= 11 is 7.18. The fourth-order valence-corrected chi connectivity index (χ4v) is 2.52. The van der Waals surface area contributed by atoms with E-state index in [1.54, 1.807) is 18.3 Å². The van der Waals surface area contributed by atoms with E-state index in [0.717, 1.165) is 11.3 Å². The van der Waals surface area contributed by atoms with Crippen LogP contribution in [0.5, 0.6) is 0 Å². The van der Waals surface area contributed by atoms with Gasteiger partial charge in [0.05, 0.1) is 6.21 Å². The van der Waals surface area contributed by atoms with E-state index in [1.165, 1.54) is 22.8 Å². The van der Waals surface area contributed by atoms with Gasteiger partial charge < -0.3 is 0 Å². The molecular formula is C13H12ClN3OS. The highest BCUT2D eigenvalue weighted by Crippen LogP contribution is 2.07. The van der Waals surface area contributed by atoms with Gasteiger partial charge in [-0.1, -0.05) is 23.7 Å². The van der Waals surface area contributed by atoms with Gasteiger partial charge in [-0.2, -0.15) is 5.10 Å². The highest BCUT2D eigenvalue weighted by Gasteiger charge is 2.04. The van der Waals surface area contributed by atoms with Gasteiger partial charge >= 0.3 is 0 Å². The second kappa shape index (κ2) is 5.95. The summed E-state index contributed by atoms with van der Waals surface area (Å²) < 4.78 is 1.53. The lowest BCUT2D eigenvalue weighted by Gasteiger charge is -1.96. The molecule has 98 valence electrons. The number of carbonyl (C=O) groups is 1. The lowest BCUT2D eigenvalue weighted by Crippen LogP contribution is -2.21. The first kappa shape index (κ1) is 13.7. The highest BCUT2D eigenvalue weighted by atomic mass is 35.5. The number of rotatable bonds is 2. The topological polar surface area (TPSA) is 46.7 Å². The zero-order valence-electron chi connectivity index (χ0n) is 10.5. The first-order valence-corrected chi connectivity index (χ1v) is 6.84. The number of aryl methyl sites for hydroxylation is 1. The minimum absolute atomic E-state index is 0.0702. The van der Waals surface area contributed by atoms with Crippen molar-refractivity contribution in [3.63, 3.8) is 0 Å². The molecule has 0 N–H and O–H groups in total. The zero-order chi connectivity index (χ0) is 13.8. The number of aromatic nitrogens is 1. The maximum Gasteiger partial charge on any atom is 0.230 e. The number of carbonyl (C=O) groups excluding carboxylic acids is 1. The maximum atomic E-state index is 11.5. The van der Waals surface area contributed by atoms with Crippen molar-refractivity contribution in [1.82, 2.24) is 4.57 Å². The van der Waals surface area contributed by atoms with E-state index >= 15 is 0 Å². The fraction of sp³-hybridized carbons (Fsp3) is 0.154. The Morgan fingerprint density at radius 3 is 2.68 bits per heavy atom. The van der Waals surface area contributed by atoms with Crippen molar-refractivity contribution in [2.45, 2.75) is 13.8 Å². The lowest BCUT2D eigenvalue weighted by atomic mass is 10.2. The van der Waals surface area contributed by atoms with Crippen LogP contribution >= 0.6 is 22.9 Å². The molecule has 1 heterocycles. The van der Waals surface area contributed by atoms with E-state index in [2.05, 4.69) is 10.2 Å². The monoisotopic (exact) mass is 293 g/mol. The van der Waals surface area contributed by atoms with Gasteiger partial charge in [0.25, 0.3) is 0 Å². The van der Waals surface area contributed by atoms with E-state index in [9.17, 15) is 4.79 Å². The van der Waals surface area contributed by atoms with Crippen LogP contribution in [0.1, 0.15) is 23.0 Å². The quantitative estimate of drug-likeness (QED) is 0.620. The summed E-state index contributed by atoms with van der Waals surface area (Å²) in [5.41, 5.74) is 1.76. The number of thiazole rings is 1. The standard InChI is InChI=1S/C13H12ClN3OS/c1-9-8-19-13(17(9)10(2)18)16-15-7-11-3-5-12(14)6-4-11/h3-8H,1-2H3. The van der Waals surface area contributed by atoms with Crippen molar-refractivity contribution in [3.8, 4) is 0 Å². The Kier molecular flexibility index (Phi) is 4.29. The molecule has 1 aromatic carbocycles. The van der Waals surface area contributed by atoms with Gasteiger partial charge in [0.2, 0.25) is 10.7 Å². The molecule has 0 aliphatic carbocycles. The smallest absolute Gasteiger partial charge is 0.230 e. The molecular weight excluding hydrogens is 282 g/mol. The molecule has 19 heavy (non-hydrogen) atoms. The van der Waals surface area contributed by atoms with Crippen LogP contribution in [0.3, 0.4) is 0 Å². The summed E-state index contributed by atoms with van der Waals surface area (Å²) in [5.74, 6) is -0.0702. The molecule has 1 aromatic heterocycles. The Labute approximate surface area is 119 Å². The van der Waals surface area contributed by atoms with Crippen LogP contribution in [-0.4, -0.2) is 16.7 Å². The Bertz CT molecular complexity index is 683. The molecule has 0 saturated heterocycles. The molecule has 0 saturated carbocycles. The Morgan fingerprint density at radius 2 is 2.05 bits per heavy atom. The van der Waals surface area contributed by atoms with Crippen molar-refractivity contribution in [1.29, 1.82) is 0 Å². The van der Waals surface area contributed by atoms with Crippen LogP contribution in [0.15, 0.2) is 39.8 Å². The van der Waals surface area contributed by atoms with Gasteiger partial charge in [-0.3, -0.25) is 9.36 Å². The van der Waals surface area contributed by atoms with Crippen LogP contribution in [0.25, 0.3) is 0 Å². The summed E-state index contributed by atoms with van der Waals surface area (Å²) in [5, 5.41) is 10.6. The molecule has 0 amide bonds. The largest absolute Gasteiger partial charge is 0.274 e. The van der Waals surface area contributed by atoms with Gasteiger partial charge in [-0.15, -0.1) is 16.4 Å². The summed E-state index contributed by atoms with van der Waals surface area (Å²) in [7, 11) is 0. The van der Waals surface area contributed by atoms with E-state index in [1.807, 2.05) is 24.4 Å². The van der Waals surface area contributed by atoms with E-state index < -0.39 is 0 Å². The van der Waals surface area contributed by atoms with Crippen LogP contribution in [0, 0.1) is 6.92 Å². The second-order valence-electron chi connectivity index (χ2n) is 3.91. The van der Waals surface area contributed by atoms with Crippen LogP contribution in [0.2, 0.25) is 5.02 Å². The number of hydrogen-bond donors (Lipinski definition) is 0. The average molecular weight is 294 g/mol. The zero-order valence-corrected chi connectivity index (χ0v) is 12.1. The van der Waals surface area contributed by atoms with Crippen LogP contribution < -0.4 is 4.80 Å².